The van der Waals surface area contributed by atoms with Gasteiger partial charge in [0.1, 0.15) is 12.4 Å². The lowest BCUT2D eigenvalue weighted by atomic mass is 10.1. The van der Waals surface area contributed by atoms with E-state index in [9.17, 15) is 8.78 Å². The first-order valence-corrected chi connectivity index (χ1v) is 6.53. The number of nitrogens with two attached hydrogens (primary N) is 1. The van der Waals surface area contributed by atoms with Crippen LogP contribution in [0.5, 0.6) is 5.75 Å². The highest BCUT2D eigenvalue weighted by atomic mass is 35.5. The maximum absolute atomic E-state index is 13.7. The first-order chi connectivity index (χ1) is 10.1. The second-order valence-corrected chi connectivity index (χ2v) is 4.60. The molecule has 0 aliphatic rings. The van der Waals surface area contributed by atoms with Gasteiger partial charge in [-0.2, -0.15) is 0 Å². The van der Waals surface area contributed by atoms with E-state index in [1.807, 2.05) is 0 Å². The molecule has 0 radical (unpaired) electrons. The lowest BCUT2D eigenvalue weighted by Crippen LogP contribution is -1.99. The number of rotatable bonds is 3. The maximum atomic E-state index is 13.7. The van der Waals surface area contributed by atoms with Gasteiger partial charge < -0.3 is 10.5 Å². The summed E-state index contributed by atoms with van der Waals surface area (Å²) in [5, 5.41) is -0.0266. The number of halogens is 3. The molecule has 0 saturated heterocycles. The third-order valence-corrected chi connectivity index (χ3v) is 2.89. The van der Waals surface area contributed by atoms with Crippen molar-refractivity contribution in [3.05, 3.63) is 64.2 Å². The molecule has 2 N–H and O–H groups in total. The van der Waals surface area contributed by atoms with Crippen molar-refractivity contribution >= 4 is 11.6 Å². The van der Waals surface area contributed by atoms with Crippen molar-refractivity contribution in [2.75, 3.05) is 6.54 Å². The van der Waals surface area contributed by atoms with E-state index in [1.165, 1.54) is 24.3 Å². The Kier molecular flexibility index (Phi) is 5.15. The van der Waals surface area contributed by atoms with Crippen LogP contribution in [0.4, 0.5) is 8.78 Å². The van der Waals surface area contributed by atoms with Crippen LogP contribution in [0.1, 0.15) is 11.1 Å². The van der Waals surface area contributed by atoms with Gasteiger partial charge in [-0.15, -0.1) is 0 Å². The molecule has 2 nitrogen and oxygen atoms in total. The van der Waals surface area contributed by atoms with Crippen LogP contribution in [0.15, 0.2) is 36.4 Å². The quantitative estimate of drug-likeness (QED) is 0.881. The average Bonchev–Trinajstić information content (AvgIpc) is 2.46. The lowest BCUT2D eigenvalue weighted by Gasteiger charge is -2.08. The van der Waals surface area contributed by atoms with Crippen LogP contribution in [0, 0.1) is 23.5 Å². The summed E-state index contributed by atoms with van der Waals surface area (Å²) < 4.78 is 32.5. The Balaban J connectivity index is 2.16. The molecular weight excluding hydrogens is 296 g/mol. The average molecular weight is 308 g/mol. The van der Waals surface area contributed by atoms with Crippen molar-refractivity contribution in [3.8, 4) is 17.6 Å². The predicted molar refractivity (Wildman–Crippen MR) is 78.1 cm³/mol. The molecule has 0 atom stereocenters. The van der Waals surface area contributed by atoms with E-state index in [2.05, 4.69) is 11.8 Å². The van der Waals surface area contributed by atoms with Crippen molar-refractivity contribution in [3.63, 3.8) is 0 Å². The van der Waals surface area contributed by atoms with Crippen molar-refractivity contribution in [1.29, 1.82) is 0 Å². The summed E-state index contributed by atoms with van der Waals surface area (Å²) in [4.78, 5) is 0. The zero-order valence-corrected chi connectivity index (χ0v) is 11.8. The molecule has 0 spiro atoms. The summed E-state index contributed by atoms with van der Waals surface area (Å²) in [6, 6.07) is 8.71. The van der Waals surface area contributed by atoms with Gasteiger partial charge in [-0.05, 0) is 35.9 Å². The highest BCUT2D eigenvalue weighted by molar-refractivity contribution is 6.30. The molecule has 2 rings (SSSR count). The van der Waals surface area contributed by atoms with Crippen LogP contribution in [0.3, 0.4) is 0 Å². The molecule has 5 heteroatoms. The van der Waals surface area contributed by atoms with E-state index < -0.39 is 11.6 Å². The summed E-state index contributed by atoms with van der Waals surface area (Å²) in [7, 11) is 0. The normalized spacial score (nSPS) is 9.90. The fraction of sp³-hybridized carbons (Fsp3) is 0.125. The molecule has 0 amide bonds. The van der Waals surface area contributed by atoms with E-state index in [0.29, 0.717) is 11.1 Å². The van der Waals surface area contributed by atoms with Crippen LogP contribution in [0.25, 0.3) is 0 Å². The lowest BCUT2D eigenvalue weighted by molar-refractivity contribution is 0.290. The Morgan fingerprint density at radius 1 is 1.19 bits per heavy atom. The minimum Gasteiger partial charge on any atom is -0.486 e. The molecule has 0 unspecified atom stereocenters. The number of hydrogen-bond donors (Lipinski definition) is 1. The van der Waals surface area contributed by atoms with Gasteiger partial charge in [0.05, 0.1) is 11.6 Å². The Bertz CT molecular complexity index is 707. The molecule has 0 saturated carbocycles. The summed E-state index contributed by atoms with van der Waals surface area (Å²) in [6.07, 6.45) is 0. The van der Waals surface area contributed by atoms with Crippen molar-refractivity contribution in [2.24, 2.45) is 5.73 Å². The smallest absolute Gasteiger partial charge is 0.183 e. The second kappa shape index (κ2) is 7.07. The first-order valence-electron chi connectivity index (χ1n) is 6.15. The standard InChI is InChI=1S/C16H12ClF2NO/c17-14-4-1-5-15(16(14)19)21-10-12-7-11(3-2-6-20)8-13(18)9-12/h1,4-5,7-9H,6,10,20H2. The molecule has 0 bridgehead atoms. The zero-order chi connectivity index (χ0) is 15.2. The third-order valence-electron chi connectivity index (χ3n) is 2.60. The number of hydrogen-bond acceptors (Lipinski definition) is 2. The van der Waals surface area contributed by atoms with Crippen LogP contribution in [0.2, 0.25) is 5.02 Å². The SMILES string of the molecule is NCC#Cc1cc(F)cc(COc2cccc(Cl)c2F)c1. The molecule has 0 fully saturated rings. The summed E-state index contributed by atoms with van der Waals surface area (Å²) >= 11 is 5.66. The summed E-state index contributed by atoms with van der Waals surface area (Å²) in [5.74, 6) is 4.32. The number of ether oxygens (including phenoxy) is 1. The zero-order valence-electron chi connectivity index (χ0n) is 11.0. The molecule has 0 aromatic heterocycles. The molecule has 21 heavy (non-hydrogen) atoms. The summed E-state index contributed by atoms with van der Waals surface area (Å²) in [5.41, 5.74) is 6.30. The van der Waals surface area contributed by atoms with Crippen LogP contribution < -0.4 is 10.5 Å². The highest BCUT2D eigenvalue weighted by Crippen LogP contribution is 2.25. The summed E-state index contributed by atoms with van der Waals surface area (Å²) in [6.45, 7) is 0.197. The molecule has 0 aliphatic carbocycles. The van der Waals surface area contributed by atoms with E-state index in [1.54, 1.807) is 12.1 Å². The molecule has 2 aromatic carbocycles. The van der Waals surface area contributed by atoms with Gasteiger partial charge in [0.25, 0.3) is 0 Å². The van der Waals surface area contributed by atoms with E-state index in [0.717, 1.165) is 0 Å². The van der Waals surface area contributed by atoms with Crippen LogP contribution in [-0.2, 0) is 6.61 Å². The Hall–Kier alpha value is -2.09. The molecule has 108 valence electrons. The van der Waals surface area contributed by atoms with E-state index in [-0.39, 0.29) is 23.9 Å². The van der Waals surface area contributed by atoms with Gasteiger partial charge in [0.15, 0.2) is 11.6 Å². The second-order valence-electron chi connectivity index (χ2n) is 4.19. The minimum atomic E-state index is -0.640. The van der Waals surface area contributed by atoms with Crippen LogP contribution in [-0.4, -0.2) is 6.54 Å². The molecule has 0 heterocycles. The molecule has 0 aliphatic heterocycles. The topological polar surface area (TPSA) is 35.2 Å². The fourth-order valence-corrected chi connectivity index (χ4v) is 1.88. The van der Waals surface area contributed by atoms with Crippen molar-refractivity contribution in [2.45, 2.75) is 6.61 Å². The largest absolute Gasteiger partial charge is 0.486 e. The Labute approximate surface area is 126 Å². The van der Waals surface area contributed by atoms with Gasteiger partial charge in [-0.3, -0.25) is 0 Å². The van der Waals surface area contributed by atoms with Gasteiger partial charge in [0.2, 0.25) is 0 Å². The fourth-order valence-electron chi connectivity index (χ4n) is 1.72. The van der Waals surface area contributed by atoms with Gasteiger partial charge >= 0.3 is 0 Å². The Morgan fingerprint density at radius 2 is 2.00 bits per heavy atom. The van der Waals surface area contributed by atoms with Gasteiger partial charge in [0, 0.05) is 5.56 Å². The van der Waals surface area contributed by atoms with E-state index >= 15 is 0 Å². The van der Waals surface area contributed by atoms with Crippen molar-refractivity contribution in [1.82, 2.24) is 0 Å². The van der Waals surface area contributed by atoms with E-state index in [4.69, 9.17) is 22.1 Å². The van der Waals surface area contributed by atoms with Gasteiger partial charge in [-0.25, -0.2) is 8.78 Å². The minimum absolute atomic E-state index is 0.00628. The maximum Gasteiger partial charge on any atom is 0.183 e. The third kappa shape index (κ3) is 4.19. The highest BCUT2D eigenvalue weighted by Gasteiger charge is 2.08. The molecule has 2 aromatic rings. The predicted octanol–water partition coefficient (Wildman–Crippen LogP) is 3.51. The monoisotopic (exact) mass is 307 g/mol. The molecular formula is C16H12ClF2NO. The first kappa shape index (κ1) is 15.3. The van der Waals surface area contributed by atoms with Crippen LogP contribution >= 0.6 is 11.6 Å². The van der Waals surface area contributed by atoms with Gasteiger partial charge in [-0.1, -0.05) is 29.5 Å². The number of benzene rings is 2. The Morgan fingerprint density at radius 3 is 2.76 bits per heavy atom. The van der Waals surface area contributed by atoms with Crippen molar-refractivity contribution < 1.29 is 13.5 Å².